The molecule has 2 heterocycles. The molecule has 1 fully saturated rings. The fourth-order valence-corrected chi connectivity index (χ4v) is 1.81. The fraction of sp³-hybridized carbons (Fsp3) is 0.636. The Kier molecular flexibility index (Phi) is 3.04. The Morgan fingerprint density at radius 2 is 2.13 bits per heavy atom. The highest BCUT2D eigenvalue weighted by atomic mass is 16.5. The van der Waals surface area contributed by atoms with Gasteiger partial charge in [0.15, 0.2) is 0 Å². The van der Waals surface area contributed by atoms with Crippen LogP contribution in [0.2, 0.25) is 0 Å². The number of piperidine rings is 1. The Hall–Kier alpha value is -1.32. The second-order valence-corrected chi connectivity index (χ2v) is 4.07. The first-order chi connectivity index (χ1) is 7.29. The van der Waals surface area contributed by atoms with Gasteiger partial charge in [-0.3, -0.25) is 0 Å². The molecule has 4 nitrogen and oxygen atoms in total. The van der Waals surface area contributed by atoms with Crippen molar-refractivity contribution in [2.45, 2.75) is 19.8 Å². The number of hydrogen-bond donors (Lipinski definition) is 0. The predicted molar refractivity (Wildman–Crippen MR) is 59.2 cm³/mol. The van der Waals surface area contributed by atoms with E-state index in [4.69, 9.17) is 4.74 Å². The van der Waals surface area contributed by atoms with Gasteiger partial charge < -0.3 is 9.64 Å². The lowest BCUT2D eigenvalue weighted by Crippen LogP contribution is -2.34. The maximum atomic E-state index is 5.09. The molecule has 1 aliphatic rings. The third-order valence-corrected chi connectivity index (χ3v) is 2.89. The molecule has 15 heavy (non-hydrogen) atoms. The van der Waals surface area contributed by atoms with Gasteiger partial charge in [0, 0.05) is 25.4 Å². The Morgan fingerprint density at radius 3 is 2.80 bits per heavy atom. The molecule has 2 rings (SSSR count). The van der Waals surface area contributed by atoms with E-state index in [0.717, 1.165) is 25.0 Å². The molecule has 0 bridgehead atoms. The molecule has 1 aromatic rings. The monoisotopic (exact) mass is 207 g/mol. The second-order valence-electron chi connectivity index (χ2n) is 4.07. The lowest BCUT2D eigenvalue weighted by Gasteiger charge is -2.30. The van der Waals surface area contributed by atoms with Crippen LogP contribution in [0.15, 0.2) is 12.3 Å². The van der Waals surface area contributed by atoms with Crippen molar-refractivity contribution >= 4 is 5.95 Å². The molecule has 1 aromatic heterocycles. The van der Waals surface area contributed by atoms with Crippen molar-refractivity contribution < 1.29 is 4.74 Å². The number of anilines is 1. The van der Waals surface area contributed by atoms with Crippen molar-refractivity contribution in [3.63, 3.8) is 0 Å². The summed E-state index contributed by atoms with van der Waals surface area (Å²) in [5, 5.41) is 0. The lowest BCUT2D eigenvalue weighted by atomic mass is 10.00. The molecule has 0 saturated carbocycles. The van der Waals surface area contributed by atoms with Crippen LogP contribution in [0.5, 0.6) is 5.88 Å². The van der Waals surface area contributed by atoms with Gasteiger partial charge in [0.05, 0.1) is 7.11 Å². The van der Waals surface area contributed by atoms with Crippen LogP contribution < -0.4 is 9.64 Å². The number of ether oxygens (including phenoxy) is 1. The molecule has 0 aromatic carbocycles. The van der Waals surface area contributed by atoms with E-state index < -0.39 is 0 Å². The smallest absolute Gasteiger partial charge is 0.228 e. The zero-order valence-corrected chi connectivity index (χ0v) is 9.31. The summed E-state index contributed by atoms with van der Waals surface area (Å²) < 4.78 is 5.09. The standard InChI is InChI=1S/C11H17N3O/c1-9-4-7-14(8-5-9)11-12-6-3-10(13-11)15-2/h3,6,9H,4-5,7-8H2,1-2H3. The average Bonchev–Trinajstić information content (AvgIpc) is 2.30. The molecular weight excluding hydrogens is 190 g/mol. The van der Waals surface area contributed by atoms with Crippen LogP contribution in [0.4, 0.5) is 5.95 Å². The first kappa shape index (κ1) is 10.2. The third kappa shape index (κ3) is 2.37. The van der Waals surface area contributed by atoms with E-state index in [1.807, 2.05) is 0 Å². The Morgan fingerprint density at radius 1 is 1.40 bits per heavy atom. The number of hydrogen-bond acceptors (Lipinski definition) is 4. The van der Waals surface area contributed by atoms with E-state index in [9.17, 15) is 0 Å². The van der Waals surface area contributed by atoms with E-state index in [1.54, 1.807) is 19.4 Å². The fourth-order valence-electron chi connectivity index (χ4n) is 1.81. The Balaban J connectivity index is 2.08. The summed E-state index contributed by atoms with van der Waals surface area (Å²) in [5.41, 5.74) is 0. The molecule has 0 unspecified atom stereocenters. The summed E-state index contributed by atoms with van der Waals surface area (Å²) >= 11 is 0. The van der Waals surface area contributed by atoms with Crippen LogP contribution in [0, 0.1) is 5.92 Å². The molecule has 0 aliphatic carbocycles. The minimum Gasteiger partial charge on any atom is -0.481 e. The largest absolute Gasteiger partial charge is 0.481 e. The van der Waals surface area contributed by atoms with Gasteiger partial charge in [0.25, 0.3) is 0 Å². The predicted octanol–water partition coefficient (Wildman–Crippen LogP) is 1.72. The minimum atomic E-state index is 0.638. The normalized spacial score (nSPS) is 17.9. The van der Waals surface area contributed by atoms with Crippen molar-refractivity contribution in [3.05, 3.63) is 12.3 Å². The molecule has 0 atom stereocenters. The molecule has 0 amide bonds. The van der Waals surface area contributed by atoms with Crippen LogP contribution in [0.25, 0.3) is 0 Å². The van der Waals surface area contributed by atoms with Crippen LogP contribution in [0.1, 0.15) is 19.8 Å². The summed E-state index contributed by atoms with van der Waals surface area (Å²) in [6, 6.07) is 1.77. The molecule has 0 radical (unpaired) electrons. The van der Waals surface area contributed by atoms with Gasteiger partial charge in [-0.05, 0) is 18.8 Å². The zero-order chi connectivity index (χ0) is 10.7. The van der Waals surface area contributed by atoms with Gasteiger partial charge in [-0.15, -0.1) is 0 Å². The van der Waals surface area contributed by atoms with Crippen LogP contribution in [-0.2, 0) is 0 Å². The van der Waals surface area contributed by atoms with E-state index in [-0.39, 0.29) is 0 Å². The van der Waals surface area contributed by atoms with Crippen LogP contribution in [0.3, 0.4) is 0 Å². The topological polar surface area (TPSA) is 38.2 Å². The quantitative estimate of drug-likeness (QED) is 0.740. The van der Waals surface area contributed by atoms with E-state index in [1.165, 1.54) is 12.8 Å². The highest BCUT2D eigenvalue weighted by Crippen LogP contribution is 2.20. The first-order valence-electron chi connectivity index (χ1n) is 5.41. The molecule has 0 N–H and O–H groups in total. The van der Waals surface area contributed by atoms with Gasteiger partial charge in [-0.1, -0.05) is 6.92 Å². The molecule has 0 spiro atoms. The number of methoxy groups -OCH3 is 1. The molecule has 4 heteroatoms. The van der Waals surface area contributed by atoms with Crippen LogP contribution >= 0.6 is 0 Å². The maximum absolute atomic E-state index is 5.09. The number of rotatable bonds is 2. The van der Waals surface area contributed by atoms with E-state index in [2.05, 4.69) is 21.8 Å². The zero-order valence-electron chi connectivity index (χ0n) is 9.31. The molecule has 82 valence electrons. The summed E-state index contributed by atoms with van der Waals surface area (Å²) in [6.07, 6.45) is 4.19. The Bertz CT molecular complexity index is 321. The number of nitrogens with zero attached hydrogens (tertiary/aromatic N) is 3. The minimum absolute atomic E-state index is 0.638. The van der Waals surface area contributed by atoms with Crippen molar-refractivity contribution in [2.75, 3.05) is 25.1 Å². The SMILES string of the molecule is COc1ccnc(N2CCC(C)CC2)n1. The van der Waals surface area contributed by atoms with Crippen LogP contribution in [-0.4, -0.2) is 30.2 Å². The number of aromatic nitrogens is 2. The van der Waals surface area contributed by atoms with Crippen molar-refractivity contribution in [2.24, 2.45) is 5.92 Å². The van der Waals surface area contributed by atoms with E-state index in [0.29, 0.717) is 5.88 Å². The maximum Gasteiger partial charge on any atom is 0.228 e. The highest BCUT2D eigenvalue weighted by Gasteiger charge is 2.17. The average molecular weight is 207 g/mol. The van der Waals surface area contributed by atoms with Gasteiger partial charge in [0.1, 0.15) is 0 Å². The first-order valence-corrected chi connectivity index (χ1v) is 5.41. The van der Waals surface area contributed by atoms with E-state index >= 15 is 0 Å². The van der Waals surface area contributed by atoms with Gasteiger partial charge in [-0.2, -0.15) is 4.98 Å². The van der Waals surface area contributed by atoms with Gasteiger partial charge >= 0.3 is 0 Å². The molecule has 1 aliphatic heterocycles. The second kappa shape index (κ2) is 4.47. The third-order valence-electron chi connectivity index (χ3n) is 2.89. The summed E-state index contributed by atoms with van der Waals surface area (Å²) in [6.45, 7) is 4.40. The summed E-state index contributed by atoms with van der Waals surface area (Å²) in [5.74, 6) is 2.26. The van der Waals surface area contributed by atoms with Crippen molar-refractivity contribution in [1.29, 1.82) is 0 Å². The van der Waals surface area contributed by atoms with Crippen molar-refractivity contribution in [1.82, 2.24) is 9.97 Å². The highest BCUT2D eigenvalue weighted by molar-refractivity contribution is 5.32. The van der Waals surface area contributed by atoms with Gasteiger partial charge in [-0.25, -0.2) is 4.98 Å². The Labute approximate surface area is 90.3 Å². The molecule has 1 saturated heterocycles. The summed E-state index contributed by atoms with van der Waals surface area (Å²) in [4.78, 5) is 10.8. The summed E-state index contributed by atoms with van der Waals surface area (Å²) in [7, 11) is 1.63. The molecular formula is C11H17N3O. The lowest BCUT2D eigenvalue weighted by molar-refractivity contribution is 0.393. The van der Waals surface area contributed by atoms with Gasteiger partial charge in [0.2, 0.25) is 11.8 Å². The van der Waals surface area contributed by atoms with Crippen molar-refractivity contribution in [3.8, 4) is 5.88 Å².